The van der Waals surface area contributed by atoms with E-state index in [1.165, 1.54) is 36.7 Å². The Hall–Kier alpha value is -3.99. The van der Waals surface area contributed by atoms with Gasteiger partial charge in [-0.25, -0.2) is 9.37 Å². The smallest absolute Gasteiger partial charge is 0.274 e. The van der Waals surface area contributed by atoms with E-state index in [2.05, 4.69) is 20.3 Å². The van der Waals surface area contributed by atoms with Crippen molar-refractivity contribution in [2.75, 3.05) is 6.54 Å². The minimum atomic E-state index is -1.45. The van der Waals surface area contributed by atoms with Crippen LogP contribution in [0.25, 0.3) is 22.2 Å². The van der Waals surface area contributed by atoms with Gasteiger partial charge in [0.1, 0.15) is 22.6 Å². The maximum atomic E-state index is 13.5. The first-order valence-corrected chi connectivity index (χ1v) is 10.5. The van der Waals surface area contributed by atoms with Gasteiger partial charge in [0.25, 0.3) is 17.3 Å². The van der Waals surface area contributed by atoms with Crippen LogP contribution in [0.5, 0.6) is 11.8 Å². The Labute approximate surface area is 193 Å². The summed E-state index contributed by atoms with van der Waals surface area (Å²) in [5.74, 6) is -0.781. The summed E-state index contributed by atoms with van der Waals surface area (Å²) in [5.41, 5.74) is -0.612. The quantitative estimate of drug-likeness (QED) is 0.395. The van der Waals surface area contributed by atoms with Gasteiger partial charge in [0.15, 0.2) is 0 Å². The van der Waals surface area contributed by atoms with E-state index in [1.54, 1.807) is 20.9 Å². The number of H-pyrrole nitrogens is 1. The van der Waals surface area contributed by atoms with Crippen LogP contribution in [0.4, 0.5) is 4.39 Å². The van der Waals surface area contributed by atoms with Crippen molar-refractivity contribution >= 4 is 16.8 Å². The summed E-state index contributed by atoms with van der Waals surface area (Å²) in [4.78, 5) is 36.3. The number of hydrogen-bond donors (Lipinski definition) is 3. The van der Waals surface area contributed by atoms with E-state index in [-0.39, 0.29) is 46.1 Å². The van der Waals surface area contributed by atoms with Crippen molar-refractivity contribution in [3.8, 4) is 23.1 Å². The topological polar surface area (TPSA) is 135 Å². The van der Waals surface area contributed by atoms with Gasteiger partial charge in [0.2, 0.25) is 17.5 Å². The van der Waals surface area contributed by atoms with Crippen LogP contribution in [0, 0.1) is 12.7 Å². The Morgan fingerprint density at radius 1 is 1.35 bits per heavy atom. The number of aliphatic hydroxyl groups is 1. The molecule has 0 saturated carbocycles. The minimum absolute atomic E-state index is 0.0416. The Kier molecular flexibility index (Phi) is 5.74. The van der Waals surface area contributed by atoms with E-state index >= 15 is 0 Å². The third kappa shape index (κ3) is 4.17. The zero-order valence-corrected chi connectivity index (χ0v) is 19.3. The molecule has 0 spiro atoms. The van der Waals surface area contributed by atoms with Gasteiger partial charge in [0, 0.05) is 36.3 Å². The molecular formula is C23H24FN5O5. The number of oxazole rings is 1. The van der Waals surface area contributed by atoms with Crippen LogP contribution in [-0.2, 0) is 12.6 Å². The standard InChI is InChI=1S/C23H24FN5O5/c1-6-25-18(30)15-8-13-14(10-29(5)21(31)16(13)27-15)17-20(28-22(33-17)23(3,4)32)34-19-11(2)7-12(24)9-26-19/h7-10,27,32H,6H2,1-5H3,(H,25,30). The molecule has 0 aliphatic heterocycles. The number of amides is 1. The van der Waals surface area contributed by atoms with Gasteiger partial charge in [-0.3, -0.25) is 9.59 Å². The van der Waals surface area contributed by atoms with Crippen molar-refractivity contribution in [3.05, 3.63) is 57.8 Å². The number of carbonyl (C=O) groups excluding carboxylic acids is 1. The Balaban J connectivity index is 1.95. The molecule has 0 aromatic carbocycles. The number of hydrogen-bond acceptors (Lipinski definition) is 7. The monoisotopic (exact) mass is 469 g/mol. The van der Waals surface area contributed by atoms with E-state index in [0.717, 1.165) is 6.20 Å². The number of rotatable bonds is 6. The lowest BCUT2D eigenvalue weighted by Gasteiger charge is -2.11. The minimum Gasteiger partial charge on any atom is -0.433 e. The number of fused-ring (bicyclic) bond motifs is 1. The Morgan fingerprint density at radius 2 is 2.09 bits per heavy atom. The van der Waals surface area contributed by atoms with Gasteiger partial charge >= 0.3 is 0 Å². The van der Waals surface area contributed by atoms with Crippen LogP contribution >= 0.6 is 0 Å². The summed E-state index contributed by atoms with van der Waals surface area (Å²) in [5, 5.41) is 13.6. The molecule has 0 unspecified atom stereocenters. The van der Waals surface area contributed by atoms with Crippen LogP contribution in [0.3, 0.4) is 0 Å². The third-order valence-corrected chi connectivity index (χ3v) is 5.10. The largest absolute Gasteiger partial charge is 0.433 e. The van der Waals surface area contributed by atoms with E-state index in [0.29, 0.717) is 23.1 Å². The molecule has 0 aliphatic rings. The summed E-state index contributed by atoms with van der Waals surface area (Å²) < 4.78 is 26.6. The Morgan fingerprint density at radius 3 is 2.74 bits per heavy atom. The van der Waals surface area contributed by atoms with Crippen LogP contribution in [0.2, 0.25) is 0 Å². The highest BCUT2D eigenvalue weighted by Gasteiger charge is 2.30. The molecule has 0 atom stereocenters. The first kappa shape index (κ1) is 23.2. The summed E-state index contributed by atoms with van der Waals surface area (Å²) in [6.45, 7) is 6.81. The normalized spacial score (nSPS) is 11.7. The lowest BCUT2D eigenvalue weighted by Crippen LogP contribution is -2.23. The molecule has 4 heterocycles. The molecule has 34 heavy (non-hydrogen) atoms. The second-order valence-electron chi connectivity index (χ2n) is 8.38. The van der Waals surface area contributed by atoms with Crippen molar-refractivity contribution in [1.82, 2.24) is 24.8 Å². The molecule has 178 valence electrons. The summed E-state index contributed by atoms with van der Waals surface area (Å²) in [6, 6.07) is 2.79. The van der Waals surface area contributed by atoms with Crippen molar-refractivity contribution in [3.63, 3.8) is 0 Å². The maximum Gasteiger partial charge on any atom is 0.274 e. The number of aromatic nitrogens is 4. The highest BCUT2D eigenvalue weighted by atomic mass is 19.1. The summed E-state index contributed by atoms with van der Waals surface area (Å²) in [6.07, 6.45) is 2.53. The number of pyridine rings is 2. The first-order chi connectivity index (χ1) is 16.0. The van der Waals surface area contributed by atoms with Crippen LogP contribution in [-0.4, -0.2) is 37.1 Å². The van der Waals surface area contributed by atoms with Gasteiger partial charge in [0.05, 0.1) is 6.20 Å². The van der Waals surface area contributed by atoms with Crippen LogP contribution in [0.1, 0.15) is 42.7 Å². The Bertz CT molecular complexity index is 1460. The van der Waals surface area contributed by atoms with E-state index in [9.17, 15) is 19.1 Å². The fourth-order valence-corrected chi connectivity index (χ4v) is 3.43. The predicted octanol–water partition coefficient (Wildman–Crippen LogP) is 3.13. The molecule has 10 nitrogen and oxygen atoms in total. The second kappa shape index (κ2) is 8.41. The fraction of sp³-hybridized carbons (Fsp3) is 0.304. The van der Waals surface area contributed by atoms with Crippen LogP contribution in [0.15, 0.2) is 33.7 Å². The average Bonchev–Trinajstić information content (AvgIpc) is 3.38. The number of aryl methyl sites for hydroxylation is 2. The van der Waals surface area contributed by atoms with E-state index in [4.69, 9.17) is 9.15 Å². The van der Waals surface area contributed by atoms with Gasteiger partial charge < -0.3 is 29.1 Å². The number of nitrogens with zero attached hydrogens (tertiary/aromatic N) is 3. The van der Waals surface area contributed by atoms with E-state index in [1.807, 2.05) is 0 Å². The SMILES string of the molecule is CCNC(=O)c1cc2c(-c3oc(C(C)(C)O)nc3Oc3ncc(F)cc3C)cn(C)c(=O)c2[nH]1. The molecule has 3 N–H and O–H groups in total. The second-order valence-corrected chi connectivity index (χ2v) is 8.38. The van der Waals surface area contributed by atoms with Crippen molar-refractivity contribution in [2.45, 2.75) is 33.3 Å². The van der Waals surface area contributed by atoms with Gasteiger partial charge in [-0.2, -0.15) is 4.98 Å². The van der Waals surface area contributed by atoms with Crippen molar-refractivity contribution in [1.29, 1.82) is 0 Å². The number of nitrogens with one attached hydrogen (secondary N) is 2. The highest BCUT2D eigenvalue weighted by Crippen LogP contribution is 2.39. The molecule has 4 aromatic rings. The molecular weight excluding hydrogens is 445 g/mol. The molecule has 0 radical (unpaired) electrons. The third-order valence-electron chi connectivity index (χ3n) is 5.10. The molecule has 1 amide bonds. The molecule has 4 aromatic heterocycles. The molecule has 0 aliphatic carbocycles. The highest BCUT2D eigenvalue weighted by molar-refractivity contribution is 6.02. The molecule has 0 saturated heterocycles. The van der Waals surface area contributed by atoms with Gasteiger partial charge in [-0.15, -0.1) is 0 Å². The van der Waals surface area contributed by atoms with E-state index < -0.39 is 11.4 Å². The lowest BCUT2D eigenvalue weighted by atomic mass is 10.1. The maximum absolute atomic E-state index is 13.5. The van der Waals surface area contributed by atoms with Crippen molar-refractivity contribution in [2.24, 2.45) is 7.05 Å². The zero-order chi connectivity index (χ0) is 24.8. The number of ether oxygens (including phenoxy) is 1. The average molecular weight is 469 g/mol. The number of halogens is 1. The summed E-state index contributed by atoms with van der Waals surface area (Å²) >= 11 is 0. The predicted molar refractivity (Wildman–Crippen MR) is 121 cm³/mol. The molecule has 4 rings (SSSR count). The zero-order valence-electron chi connectivity index (χ0n) is 19.3. The summed E-state index contributed by atoms with van der Waals surface area (Å²) in [7, 11) is 1.55. The molecule has 11 heteroatoms. The van der Waals surface area contributed by atoms with Crippen LogP contribution < -0.4 is 15.6 Å². The van der Waals surface area contributed by atoms with Crippen molar-refractivity contribution < 1.29 is 23.4 Å². The fourth-order valence-electron chi connectivity index (χ4n) is 3.43. The first-order valence-electron chi connectivity index (χ1n) is 10.5. The molecule has 0 bridgehead atoms. The molecule has 0 fully saturated rings. The van der Waals surface area contributed by atoms with Gasteiger partial charge in [-0.1, -0.05) is 0 Å². The number of carbonyl (C=O) groups is 1. The lowest BCUT2D eigenvalue weighted by molar-refractivity contribution is 0.0489. The van der Waals surface area contributed by atoms with Gasteiger partial charge in [-0.05, 0) is 39.8 Å². The number of aromatic amines is 1.